The van der Waals surface area contributed by atoms with E-state index in [1.54, 1.807) is 0 Å². The Morgan fingerprint density at radius 1 is 1.69 bits per heavy atom. The molecule has 6 nitrogen and oxygen atoms in total. The third-order valence-corrected chi connectivity index (χ3v) is 1.29. The van der Waals surface area contributed by atoms with Crippen LogP contribution >= 0.6 is 0 Å². The molecule has 2 N–H and O–H groups in total. The van der Waals surface area contributed by atoms with Gasteiger partial charge < -0.3 is 14.9 Å². The molecule has 0 spiro atoms. The molecular weight excluding hydrogens is 176 g/mol. The van der Waals surface area contributed by atoms with E-state index in [0.29, 0.717) is 5.76 Å². The molecule has 0 unspecified atom stereocenters. The number of aromatic nitrogens is 1. The highest BCUT2D eigenvalue weighted by Crippen LogP contribution is 2.02. The van der Waals surface area contributed by atoms with E-state index < -0.39 is 5.97 Å². The number of hydrogen-bond donors (Lipinski definition) is 2. The van der Waals surface area contributed by atoms with Crippen molar-refractivity contribution < 1.29 is 19.2 Å². The van der Waals surface area contributed by atoms with Crippen molar-refractivity contribution in [2.24, 2.45) is 0 Å². The number of carboxylic acid groups (broad SMARTS) is 1. The molecular formula is C7H8N2O4. The number of nitrogens with zero attached hydrogens (tertiary/aromatic N) is 1. The van der Waals surface area contributed by atoms with Crippen molar-refractivity contribution in [3.8, 4) is 0 Å². The highest BCUT2D eigenvalue weighted by molar-refractivity contribution is 5.85. The standard InChI is InChI=1S/C7H8N2O4/c1-4(10)8-3-5-2-6(7(11)12)9-13-5/h2H,3H2,1H3,(H,8,10)(H,11,12). The quantitative estimate of drug-likeness (QED) is 0.690. The van der Waals surface area contributed by atoms with Crippen molar-refractivity contribution in [2.75, 3.05) is 0 Å². The maximum Gasteiger partial charge on any atom is 0.358 e. The lowest BCUT2D eigenvalue weighted by Crippen LogP contribution is -2.18. The monoisotopic (exact) mass is 184 g/mol. The Morgan fingerprint density at radius 2 is 2.38 bits per heavy atom. The molecule has 1 heterocycles. The summed E-state index contributed by atoms with van der Waals surface area (Å²) in [5.41, 5.74) is -0.166. The fourth-order valence-electron chi connectivity index (χ4n) is 0.709. The van der Waals surface area contributed by atoms with Crippen LogP contribution in [0.2, 0.25) is 0 Å². The minimum Gasteiger partial charge on any atom is -0.476 e. The Bertz CT molecular complexity index is 331. The highest BCUT2D eigenvalue weighted by atomic mass is 16.5. The van der Waals surface area contributed by atoms with Gasteiger partial charge in [-0.1, -0.05) is 5.16 Å². The largest absolute Gasteiger partial charge is 0.476 e. The predicted octanol–water partition coefficient (Wildman–Crippen LogP) is 0.00890. The first-order valence-electron chi connectivity index (χ1n) is 3.53. The number of hydrogen-bond acceptors (Lipinski definition) is 4. The topological polar surface area (TPSA) is 92.4 Å². The van der Waals surface area contributed by atoms with Crippen LogP contribution in [0, 0.1) is 0 Å². The summed E-state index contributed by atoms with van der Waals surface area (Å²) in [7, 11) is 0. The smallest absolute Gasteiger partial charge is 0.358 e. The highest BCUT2D eigenvalue weighted by Gasteiger charge is 2.10. The number of rotatable bonds is 3. The maximum atomic E-state index is 10.5. The molecule has 70 valence electrons. The molecule has 1 rings (SSSR count). The molecule has 6 heteroatoms. The molecule has 13 heavy (non-hydrogen) atoms. The van der Waals surface area contributed by atoms with Gasteiger partial charge in [-0.25, -0.2) is 4.79 Å². The lowest BCUT2D eigenvalue weighted by molar-refractivity contribution is -0.119. The van der Waals surface area contributed by atoms with Gasteiger partial charge >= 0.3 is 5.97 Å². The van der Waals surface area contributed by atoms with E-state index in [9.17, 15) is 9.59 Å². The molecule has 0 radical (unpaired) electrons. The Kier molecular flexibility index (Phi) is 2.63. The lowest BCUT2D eigenvalue weighted by atomic mass is 10.3. The van der Waals surface area contributed by atoms with Gasteiger partial charge in [0, 0.05) is 13.0 Å². The van der Waals surface area contributed by atoms with E-state index in [1.807, 2.05) is 0 Å². The Morgan fingerprint density at radius 3 is 2.85 bits per heavy atom. The van der Waals surface area contributed by atoms with Crippen molar-refractivity contribution in [3.63, 3.8) is 0 Å². The Hall–Kier alpha value is -1.85. The average Bonchev–Trinajstić information content (AvgIpc) is 2.48. The van der Waals surface area contributed by atoms with E-state index in [-0.39, 0.29) is 18.1 Å². The van der Waals surface area contributed by atoms with Crippen LogP contribution in [0.15, 0.2) is 10.6 Å². The van der Waals surface area contributed by atoms with Gasteiger partial charge in [-0.2, -0.15) is 0 Å². The first kappa shape index (κ1) is 9.24. The molecule has 1 amide bonds. The fraction of sp³-hybridized carbons (Fsp3) is 0.286. The second-order valence-corrected chi connectivity index (χ2v) is 2.39. The van der Waals surface area contributed by atoms with Gasteiger partial charge in [0.05, 0.1) is 6.54 Å². The summed E-state index contributed by atoms with van der Waals surface area (Å²) in [5.74, 6) is -1.06. The average molecular weight is 184 g/mol. The van der Waals surface area contributed by atoms with Crippen LogP contribution in [-0.2, 0) is 11.3 Å². The Balaban J connectivity index is 2.59. The summed E-state index contributed by atoms with van der Waals surface area (Å²) in [6.45, 7) is 1.50. The lowest BCUT2D eigenvalue weighted by Gasteiger charge is -1.94. The van der Waals surface area contributed by atoms with Crippen LogP contribution in [0.1, 0.15) is 23.2 Å². The molecule has 0 atom stereocenters. The summed E-state index contributed by atoms with van der Waals surface area (Å²) in [6, 6.07) is 1.26. The normalized spacial score (nSPS) is 9.62. The minimum absolute atomic E-state index is 0.148. The van der Waals surface area contributed by atoms with Crippen molar-refractivity contribution in [1.82, 2.24) is 10.5 Å². The van der Waals surface area contributed by atoms with Gasteiger partial charge in [-0.15, -0.1) is 0 Å². The predicted molar refractivity (Wildman–Crippen MR) is 41.0 cm³/mol. The van der Waals surface area contributed by atoms with Gasteiger partial charge in [-0.3, -0.25) is 4.79 Å². The van der Waals surface area contributed by atoms with E-state index in [4.69, 9.17) is 5.11 Å². The Labute approximate surface area is 73.5 Å². The van der Waals surface area contributed by atoms with Crippen molar-refractivity contribution in [3.05, 3.63) is 17.5 Å². The summed E-state index contributed by atoms with van der Waals surface area (Å²) >= 11 is 0. The third kappa shape index (κ3) is 2.58. The van der Waals surface area contributed by atoms with Crippen LogP contribution in [0.4, 0.5) is 0 Å². The van der Waals surface area contributed by atoms with Crippen LogP contribution < -0.4 is 5.32 Å². The summed E-state index contributed by atoms with van der Waals surface area (Å²) in [4.78, 5) is 20.8. The van der Waals surface area contributed by atoms with E-state index in [0.717, 1.165) is 0 Å². The van der Waals surface area contributed by atoms with Crippen LogP contribution in [0.3, 0.4) is 0 Å². The first-order chi connectivity index (χ1) is 6.09. The summed E-state index contributed by atoms with van der Waals surface area (Å²) in [6.07, 6.45) is 0. The van der Waals surface area contributed by atoms with Gasteiger partial charge in [0.15, 0.2) is 11.5 Å². The number of nitrogens with one attached hydrogen (secondary N) is 1. The van der Waals surface area contributed by atoms with Crippen molar-refractivity contribution >= 4 is 11.9 Å². The van der Waals surface area contributed by atoms with Crippen LogP contribution in [0.5, 0.6) is 0 Å². The van der Waals surface area contributed by atoms with Gasteiger partial charge in [-0.05, 0) is 0 Å². The molecule has 0 aliphatic rings. The third-order valence-electron chi connectivity index (χ3n) is 1.29. The van der Waals surface area contributed by atoms with Gasteiger partial charge in [0.1, 0.15) is 0 Å². The molecule has 1 aromatic heterocycles. The van der Waals surface area contributed by atoms with Gasteiger partial charge in [0.25, 0.3) is 0 Å². The first-order valence-corrected chi connectivity index (χ1v) is 3.53. The molecule has 0 saturated carbocycles. The second kappa shape index (κ2) is 3.70. The molecule has 0 bridgehead atoms. The van der Waals surface area contributed by atoms with E-state index >= 15 is 0 Å². The van der Waals surface area contributed by atoms with Gasteiger partial charge in [0.2, 0.25) is 5.91 Å². The number of aromatic carboxylic acids is 1. The molecule has 0 saturated heterocycles. The van der Waals surface area contributed by atoms with E-state index in [2.05, 4.69) is 15.0 Å². The number of carboxylic acids is 1. The zero-order chi connectivity index (χ0) is 9.84. The number of carbonyl (C=O) groups excluding carboxylic acids is 1. The zero-order valence-corrected chi connectivity index (χ0v) is 6.90. The van der Waals surface area contributed by atoms with Crippen LogP contribution in [-0.4, -0.2) is 22.1 Å². The van der Waals surface area contributed by atoms with Crippen molar-refractivity contribution in [1.29, 1.82) is 0 Å². The summed E-state index contributed by atoms with van der Waals surface area (Å²) < 4.78 is 4.63. The van der Waals surface area contributed by atoms with Crippen molar-refractivity contribution in [2.45, 2.75) is 13.5 Å². The summed E-state index contributed by atoms with van der Waals surface area (Å²) in [5, 5.41) is 14.2. The molecule has 0 aromatic carbocycles. The van der Waals surface area contributed by atoms with Crippen LogP contribution in [0.25, 0.3) is 0 Å². The SMILES string of the molecule is CC(=O)NCc1cc(C(=O)O)no1. The second-order valence-electron chi connectivity index (χ2n) is 2.39. The maximum absolute atomic E-state index is 10.5. The fourth-order valence-corrected chi connectivity index (χ4v) is 0.709. The molecule has 0 fully saturated rings. The molecule has 0 aliphatic heterocycles. The number of amides is 1. The molecule has 1 aromatic rings. The number of carbonyl (C=O) groups is 2. The van der Waals surface area contributed by atoms with E-state index in [1.165, 1.54) is 13.0 Å². The zero-order valence-electron chi connectivity index (χ0n) is 6.90. The molecule has 0 aliphatic carbocycles. The minimum atomic E-state index is -1.15.